The molecule has 0 heterocycles. The summed E-state index contributed by atoms with van der Waals surface area (Å²) >= 11 is 6.15. The maximum Gasteiger partial charge on any atom is 0.244 e. The van der Waals surface area contributed by atoms with Crippen LogP contribution in [0.5, 0.6) is 5.75 Å². The minimum Gasteiger partial charge on any atom is -0.495 e. The fraction of sp³-hybridized carbons (Fsp3) is 0.481. The summed E-state index contributed by atoms with van der Waals surface area (Å²) in [4.78, 5) is 28.4. The highest BCUT2D eigenvalue weighted by Crippen LogP contribution is 2.33. The summed E-state index contributed by atoms with van der Waals surface area (Å²) in [7, 11) is -2.48. The van der Waals surface area contributed by atoms with E-state index in [2.05, 4.69) is 5.32 Å². The Labute approximate surface area is 225 Å². The van der Waals surface area contributed by atoms with Crippen molar-refractivity contribution in [1.82, 2.24) is 10.2 Å². The molecule has 1 aliphatic carbocycles. The van der Waals surface area contributed by atoms with E-state index in [1.165, 1.54) is 18.1 Å². The number of anilines is 1. The van der Waals surface area contributed by atoms with Gasteiger partial charge in [0.15, 0.2) is 0 Å². The van der Waals surface area contributed by atoms with Gasteiger partial charge in [-0.3, -0.25) is 13.9 Å². The van der Waals surface area contributed by atoms with E-state index >= 15 is 0 Å². The molecule has 2 aromatic rings. The topological polar surface area (TPSA) is 96.0 Å². The minimum absolute atomic E-state index is 0.0864. The van der Waals surface area contributed by atoms with E-state index in [1.54, 1.807) is 19.1 Å². The smallest absolute Gasteiger partial charge is 0.244 e. The molecule has 0 radical (unpaired) electrons. The molecule has 2 amide bonds. The van der Waals surface area contributed by atoms with Crippen LogP contribution in [0.25, 0.3) is 0 Å². The monoisotopic (exact) mass is 549 g/mol. The molecule has 1 aliphatic rings. The molecule has 37 heavy (non-hydrogen) atoms. The van der Waals surface area contributed by atoms with Gasteiger partial charge in [0.2, 0.25) is 21.8 Å². The number of carbonyl (C=O) groups excluding carboxylic acids is 2. The van der Waals surface area contributed by atoms with Crippen LogP contribution >= 0.6 is 11.6 Å². The fourth-order valence-corrected chi connectivity index (χ4v) is 5.51. The maximum absolute atomic E-state index is 13.7. The molecule has 3 rings (SSSR count). The Bertz CT molecular complexity index is 1200. The van der Waals surface area contributed by atoms with Crippen LogP contribution in [-0.2, 0) is 26.2 Å². The van der Waals surface area contributed by atoms with Gasteiger partial charge in [0.25, 0.3) is 0 Å². The number of rotatable bonds is 10. The Morgan fingerprint density at radius 3 is 2.35 bits per heavy atom. The number of carbonyl (C=O) groups is 2. The Hall–Kier alpha value is -2.78. The molecular formula is C27H36ClN3O5S. The molecule has 1 atom stereocenters. The van der Waals surface area contributed by atoms with Crippen molar-refractivity contribution in [2.24, 2.45) is 0 Å². The van der Waals surface area contributed by atoms with Crippen molar-refractivity contribution in [3.05, 3.63) is 58.6 Å². The lowest BCUT2D eigenvalue weighted by Crippen LogP contribution is -2.53. The molecule has 0 bridgehead atoms. The number of halogens is 1. The highest BCUT2D eigenvalue weighted by molar-refractivity contribution is 7.92. The third kappa shape index (κ3) is 7.85. The van der Waals surface area contributed by atoms with Crippen molar-refractivity contribution >= 4 is 39.1 Å². The SMILES string of the molecule is COc1ccc(Cl)cc1N(CC(=O)N(Cc1ccc(C)cc1)[C@H](C)C(=O)NC1CCCCC1)S(C)(=O)=O. The van der Waals surface area contributed by atoms with Crippen LogP contribution < -0.4 is 14.4 Å². The largest absolute Gasteiger partial charge is 0.495 e. The van der Waals surface area contributed by atoms with E-state index in [9.17, 15) is 18.0 Å². The molecular weight excluding hydrogens is 514 g/mol. The number of benzene rings is 2. The third-order valence-electron chi connectivity index (χ3n) is 6.68. The van der Waals surface area contributed by atoms with E-state index in [4.69, 9.17) is 16.3 Å². The van der Waals surface area contributed by atoms with Gasteiger partial charge in [-0.15, -0.1) is 0 Å². The quantitative estimate of drug-likeness (QED) is 0.477. The van der Waals surface area contributed by atoms with Crippen molar-refractivity contribution in [3.8, 4) is 5.75 Å². The predicted octanol–water partition coefficient (Wildman–Crippen LogP) is 4.29. The summed E-state index contributed by atoms with van der Waals surface area (Å²) in [5, 5.41) is 3.39. The number of methoxy groups -OCH3 is 1. The summed E-state index contributed by atoms with van der Waals surface area (Å²) in [6.45, 7) is 3.29. The zero-order valence-corrected chi connectivity index (χ0v) is 23.4. The van der Waals surface area contributed by atoms with E-state index in [0.29, 0.717) is 5.02 Å². The first kappa shape index (κ1) is 28.8. The summed E-state index contributed by atoms with van der Waals surface area (Å²) in [5.41, 5.74) is 2.06. The van der Waals surface area contributed by atoms with Crippen molar-refractivity contribution in [2.45, 2.75) is 64.6 Å². The highest BCUT2D eigenvalue weighted by Gasteiger charge is 2.32. The number of hydrogen-bond acceptors (Lipinski definition) is 5. The number of aryl methyl sites for hydroxylation is 1. The molecule has 0 aliphatic heterocycles. The zero-order valence-electron chi connectivity index (χ0n) is 21.9. The summed E-state index contributed by atoms with van der Waals surface area (Å²) in [5.74, 6) is -0.506. The van der Waals surface area contributed by atoms with Crippen molar-refractivity contribution < 1.29 is 22.7 Å². The Balaban J connectivity index is 1.91. The number of nitrogens with zero attached hydrogens (tertiary/aromatic N) is 2. The molecule has 1 saturated carbocycles. The number of ether oxygens (including phenoxy) is 1. The van der Waals surface area contributed by atoms with Crippen LogP contribution in [0.1, 0.15) is 50.2 Å². The average Bonchev–Trinajstić information content (AvgIpc) is 2.86. The highest BCUT2D eigenvalue weighted by atomic mass is 35.5. The van der Waals surface area contributed by atoms with Gasteiger partial charge in [-0.1, -0.05) is 60.7 Å². The molecule has 1 N–H and O–H groups in total. The van der Waals surface area contributed by atoms with Crippen LogP contribution in [0, 0.1) is 6.92 Å². The second-order valence-electron chi connectivity index (χ2n) is 9.61. The van der Waals surface area contributed by atoms with Gasteiger partial charge in [0.05, 0.1) is 19.1 Å². The molecule has 202 valence electrons. The standard InChI is InChI=1S/C27H36ClN3O5S/c1-19-10-12-21(13-11-19)17-30(20(2)27(33)29-23-8-6-5-7-9-23)26(32)18-31(37(4,34)35)24-16-22(28)14-15-25(24)36-3/h10-16,20,23H,5-9,17-18H2,1-4H3,(H,29,33)/t20-/m1/s1. The van der Waals surface area contributed by atoms with Crippen molar-refractivity contribution in [3.63, 3.8) is 0 Å². The van der Waals surface area contributed by atoms with Gasteiger partial charge in [0.1, 0.15) is 18.3 Å². The number of hydrogen-bond donors (Lipinski definition) is 1. The fourth-order valence-electron chi connectivity index (χ4n) is 4.49. The number of nitrogens with one attached hydrogen (secondary N) is 1. The van der Waals surface area contributed by atoms with Gasteiger partial charge in [-0.2, -0.15) is 0 Å². The van der Waals surface area contributed by atoms with E-state index in [-0.39, 0.29) is 29.9 Å². The summed E-state index contributed by atoms with van der Waals surface area (Å²) < 4.78 is 31.9. The summed E-state index contributed by atoms with van der Waals surface area (Å²) in [6.07, 6.45) is 6.15. The molecule has 1 fully saturated rings. The lowest BCUT2D eigenvalue weighted by atomic mass is 9.95. The molecule has 0 saturated heterocycles. The normalized spacial score (nSPS) is 15.1. The molecule has 2 aromatic carbocycles. The van der Waals surface area contributed by atoms with Gasteiger partial charge < -0.3 is 15.0 Å². The third-order valence-corrected chi connectivity index (χ3v) is 8.04. The zero-order chi connectivity index (χ0) is 27.2. The average molecular weight is 550 g/mol. The Morgan fingerprint density at radius 1 is 1.11 bits per heavy atom. The van der Waals surface area contributed by atoms with E-state index in [1.807, 2.05) is 31.2 Å². The van der Waals surface area contributed by atoms with Gasteiger partial charge in [-0.05, 0) is 50.5 Å². The Kier molecular flexibility index (Phi) is 9.84. The van der Waals surface area contributed by atoms with Gasteiger partial charge in [0, 0.05) is 17.6 Å². The van der Waals surface area contributed by atoms with Crippen LogP contribution in [0.2, 0.25) is 5.02 Å². The van der Waals surface area contributed by atoms with Crippen molar-refractivity contribution in [1.29, 1.82) is 0 Å². The maximum atomic E-state index is 13.7. The van der Waals surface area contributed by atoms with Crippen molar-refractivity contribution in [2.75, 3.05) is 24.2 Å². The van der Waals surface area contributed by atoms with Crippen LogP contribution in [0.3, 0.4) is 0 Å². The van der Waals surface area contributed by atoms with Crippen LogP contribution in [0.4, 0.5) is 5.69 Å². The predicted molar refractivity (Wildman–Crippen MR) is 146 cm³/mol. The minimum atomic E-state index is -3.90. The van der Waals surface area contributed by atoms with Gasteiger partial charge in [-0.25, -0.2) is 8.42 Å². The second-order valence-corrected chi connectivity index (χ2v) is 12.0. The van der Waals surface area contributed by atoms with Gasteiger partial charge >= 0.3 is 0 Å². The number of amides is 2. The van der Waals surface area contributed by atoms with E-state index in [0.717, 1.165) is 53.8 Å². The molecule has 0 aromatic heterocycles. The van der Waals surface area contributed by atoms with Crippen LogP contribution in [-0.4, -0.2) is 57.1 Å². The molecule has 8 nitrogen and oxygen atoms in total. The molecule has 0 unspecified atom stereocenters. The first-order chi connectivity index (χ1) is 17.5. The summed E-state index contributed by atoms with van der Waals surface area (Å²) in [6, 6.07) is 11.5. The lowest BCUT2D eigenvalue weighted by Gasteiger charge is -2.33. The number of sulfonamides is 1. The first-order valence-electron chi connectivity index (χ1n) is 12.5. The first-order valence-corrected chi connectivity index (χ1v) is 14.7. The lowest BCUT2D eigenvalue weighted by molar-refractivity contribution is -0.139. The molecule has 10 heteroatoms. The molecule has 0 spiro atoms. The van der Waals surface area contributed by atoms with Crippen LogP contribution in [0.15, 0.2) is 42.5 Å². The Morgan fingerprint density at radius 2 is 1.76 bits per heavy atom. The van der Waals surface area contributed by atoms with E-state index < -0.39 is 28.5 Å². The second kappa shape index (κ2) is 12.6.